The first-order valence-electron chi connectivity index (χ1n) is 7.73. The van der Waals surface area contributed by atoms with E-state index in [9.17, 15) is 0 Å². The lowest BCUT2D eigenvalue weighted by molar-refractivity contribution is 0.697. The molecule has 4 rings (SSSR count). The fourth-order valence-electron chi connectivity index (χ4n) is 3.29. The Labute approximate surface area is 129 Å². The molecule has 1 saturated heterocycles. The Kier molecular flexibility index (Phi) is 3.06. The van der Waals surface area contributed by atoms with Gasteiger partial charge >= 0.3 is 0 Å². The average molecular weight is 293 g/mol. The summed E-state index contributed by atoms with van der Waals surface area (Å²) in [6.45, 7) is 5.17. The van der Waals surface area contributed by atoms with Crippen molar-refractivity contribution >= 4 is 11.6 Å². The van der Waals surface area contributed by atoms with Gasteiger partial charge in [-0.1, -0.05) is 29.8 Å². The minimum atomic E-state index is 0.398. The highest BCUT2D eigenvalue weighted by molar-refractivity contribution is 5.50. The van der Waals surface area contributed by atoms with Gasteiger partial charge in [0, 0.05) is 18.3 Å². The normalized spacial score (nSPS) is 18.3. The van der Waals surface area contributed by atoms with Gasteiger partial charge in [-0.2, -0.15) is 14.6 Å². The fraction of sp³-hybridized carbons (Fsp3) is 0.353. The smallest absolute Gasteiger partial charge is 0.254 e. The summed E-state index contributed by atoms with van der Waals surface area (Å²) in [5.41, 5.74) is 3.64. The summed E-state index contributed by atoms with van der Waals surface area (Å²) in [5, 5.41) is 4.35. The quantitative estimate of drug-likeness (QED) is 0.728. The van der Waals surface area contributed by atoms with Crippen LogP contribution < -0.4 is 4.90 Å². The predicted octanol–water partition coefficient (Wildman–Crippen LogP) is 3.08. The van der Waals surface area contributed by atoms with Crippen LogP contribution in [0.25, 0.3) is 5.78 Å². The van der Waals surface area contributed by atoms with E-state index in [-0.39, 0.29) is 0 Å². The summed E-state index contributed by atoms with van der Waals surface area (Å²) in [5.74, 6) is 1.76. The molecule has 1 aliphatic heterocycles. The molecule has 1 atom stereocenters. The SMILES string of the molecule is Cc1ccc(C2CCCN2c2cc(C)nc3ncnn23)cc1. The number of fused-ring (bicyclic) bond motifs is 1. The van der Waals surface area contributed by atoms with Crippen LogP contribution in [0.2, 0.25) is 0 Å². The van der Waals surface area contributed by atoms with Gasteiger partial charge in [-0.25, -0.2) is 4.98 Å². The van der Waals surface area contributed by atoms with Gasteiger partial charge in [0.2, 0.25) is 0 Å². The summed E-state index contributed by atoms with van der Waals surface area (Å²) < 4.78 is 1.85. The van der Waals surface area contributed by atoms with Crippen LogP contribution in [0, 0.1) is 13.8 Å². The Bertz CT molecular complexity index is 806. The third kappa shape index (κ3) is 2.13. The molecule has 0 radical (unpaired) electrons. The minimum absolute atomic E-state index is 0.398. The van der Waals surface area contributed by atoms with E-state index in [4.69, 9.17) is 0 Å². The molecular formula is C17H19N5. The van der Waals surface area contributed by atoms with Crippen LogP contribution in [0.4, 0.5) is 5.82 Å². The van der Waals surface area contributed by atoms with E-state index < -0.39 is 0 Å². The van der Waals surface area contributed by atoms with Crippen molar-refractivity contribution in [2.24, 2.45) is 0 Å². The number of rotatable bonds is 2. The zero-order valence-electron chi connectivity index (χ0n) is 12.9. The summed E-state index contributed by atoms with van der Waals surface area (Å²) in [7, 11) is 0. The van der Waals surface area contributed by atoms with Crippen molar-refractivity contribution in [3.8, 4) is 0 Å². The number of aryl methyl sites for hydroxylation is 2. The Morgan fingerprint density at radius 1 is 1.14 bits per heavy atom. The first-order chi connectivity index (χ1) is 10.7. The molecule has 0 amide bonds. The lowest BCUT2D eigenvalue weighted by Crippen LogP contribution is -2.25. The lowest BCUT2D eigenvalue weighted by atomic mass is 10.0. The Balaban J connectivity index is 1.79. The first kappa shape index (κ1) is 13.2. The first-order valence-corrected chi connectivity index (χ1v) is 7.73. The van der Waals surface area contributed by atoms with Crippen molar-refractivity contribution in [3.05, 3.63) is 53.5 Å². The van der Waals surface area contributed by atoms with Crippen LogP contribution in [-0.4, -0.2) is 26.1 Å². The molecule has 22 heavy (non-hydrogen) atoms. The van der Waals surface area contributed by atoms with Crippen LogP contribution in [0.15, 0.2) is 36.7 Å². The van der Waals surface area contributed by atoms with E-state index in [1.165, 1.54) is 24.0 Å². The van der Waals surface area contributed by atoms with Gasteiger partial charge in [0.25, 0.3) is 5.78 Å². The maximum Gasteiger partial charge on any atom is 0.254 e. The number of hydrogen-bond donors (Lipinski definition) is 0. The zero-order chi connectivity index (χ0) is 15.1. The van der Waals surface area contributed by atoms with Crippen molar-refractivity contribution in [1.29, 1.82) is 0 Å². The number of nitrogens with zero attached hydrogens (tertiary/aromatic N) is 5. The van der Waals surface area contributed by atoms with Gasteiger partial charge in [0.15, 0.2) is 0 Å². The highest BCUT2D eigenvalue weighted by Gasteiger charge is 2.28. The third-order valence-corrected chi connectivity index (χ3v) is 4.37. The van der Waals surface area contributed by atoms with Crippen molar-refractivity contribution in [1.82, 2.24) is 19.6 Å². The zero-order valence-corrected chi connectivity index (χ0v) is 12.9. The number of hydrogen-bond acceptors (Lipinski definition) is 4. The van der Waals surface area contributed by atoms with Gasteiger partial charge in [0.1, 0.15) is 12.1 Å². The van der Waals surface area contributed by atoms with Crippen molar-refractivity contribution in [2.45, 2.75) is 32.7 Å². The molecule has 0 bridgehead atoms. The van der Waals surface area contributed by atoms with Crippen LogP contribution in [0.3, 0.4) is 0 Å². The van der Waals surface area contributed by atoms with Gasteiger partial charge in [-0.05, 0) is 32.3 Å². The Hall–Kier alpha value is -2.43. The molecule has 5 heteroatoms. The maximum atomic E-state index is 4.44. The second-order valence-corrected chi connectivity index (χ2v) is 5.99. The van der Waals surface area contributed by atoms with Crippen LogP contribution in [0.1, 0.15) is 35.7 Å². The van der Waals surface area contributed by atoms with Crippen molar-refractivity contribution in [2.75, 3.05) is 11.4 Å². The van der Waals surface area contributed by atoms with Crippen LogP contribution in [0.5, 0.6) is 0 Å². The molecule has 2 aromatic heterocycles. The van der Waals surface area contributed by atoms with E-state index in [2.05, 4.69) is 57.2 Å². The summed E-state index contributed by atoms with van der Waals surface area (Å²) >= 11 is 0. The van der Waals surface area contributed by atoms with Gasteiger partial charge in [-0.3, -0.25) is 0 Å². The summed E-state index contributed by atoms with van der Waals surface area (Å²) in [6.07, 6.45) is 3.93. The van der Waals surface area contributed by atoms with Gasteiger partial charge < -0.3 is 4.90 Å². The predicted molar refractivity (Wildman–Crippen MR) is 86.0 cm³/mol. The molecule has 1 fully saturated rings. The molecule has 3 aromatic rings. The Morgan fingerprint density at radius 2 is 1.95 bits per heavy atom. The van der Waals surface area contributed by atoms with Gasteiger partial charge in [-0.15, -0.1) is 0 Å². The van der Waals surface area contributed by atoms with E-state index >= 15 is 0 Å². The number of anilines is 1. The second-order valence-electron chi connectivity index (χ2n) is 5.99. The molecular weight excluding hydrogens is 274 g/mol. The number of benzene rings is 1. The lowest BCUT2D eigenvalue weighted by Gasteiger charge is -2.27. The molecule has 5 nitrogen and oxygen atoms in total. The molecule has 1 unspecified atom stereocenters. The largest absolute Gasteiger partial charge is 0.349 e. The van der Waals surface area contributed by atoms with E-state index in [0.717, 1.165) is 18.1 Å². The molecule has 1 aliphatic rings. The topological polar surface area (TPSA) is 46.3 Å². The van der Waals surface area contributed by atoms with Crippen LogP contribution >= 0.6 is 0 Å². The minimum Gasteiger partial charge on any atom is -0.349 e. The van der Waals surface area contributed by atoms with E-state index in [1.807, 2.05) is 11.4 Å². The maximum absolute atomic E-state index is 4.44. The highest BCUT2D eigenvalue weighted by Crippen LogP contribution is 2.36. The summed E-state index contributed by atoms with van der Waals surface area (Å²) in [4.78, 5) is 11.1. The van der Waals surface area contributed by atoms with E-state index in [0.29, 0.717) is 11.8 Å². The molecule has 0 aliphatic carbocycles. The van der Waals surface area contributed by atoms with Gasteiger partial charge in [0.05, 0.1) is 6.04 Å². The molecule has 0 spiro atoms. The highest BCUT2D eigenvalue weighted by atomic mass is 15.4. The molecule has 1 aromatic carbocycles. The molecule has 3 heterocycles. The Morgan fingerprint density at radius 3 is 2.77 bits per heavy atom. The fourth-order valence-corrected chi connectivity index (χ4v) is 3.29. The molecule has 0 N–H and O–H groups in total. The molecule has 112 valence electrons. The average Bonchev–Trinajstić information content (AvgIpc) is 3.15. The second kappa shape index (κ2) is 5.09. The number of aromatic nitrogens is 4. The monoisotopic (exact) mass is 293 g/mol. The molecule has 0 saturated carbocycles. The summed E-state index contributed by atoms with van der Waals surface area (Å²) in [6, 6.07) is 11.4. The van der Waals surface area contributed by atoms with Crippen molar-refractivity contribution < 1.29 is 0 Å². The third-order valence-electron chi connectivity index (χ3n) is 4.37. The van der Waals surface area contributed by atoms with Crippen LogP contribution in [-0.2, 0) is 0 Å². The van der Waals surface area contributed by atoms with E-state index in [1.54, 1.807) is 6.33 Å². The van der Waals surface area contributed by atoms with Crippen molar-refractivity contribution in [3.63, 3.8) is 0 Å². The standard InChI is InChI=1S/C17H19N5/c1-12-5-7-14(8-6-12)15-4-3-9-21(15)16-10-13(2)20-17-18-11-19-22(16)17/h5-8,10-11,15H,3-4,9H2,1-2H3.